The van der Waals surface area contributed by atoms with Crippen molar-refractivity contribution in [2.75, 3.05) is 6.54 Å². The van der Waals surface area contributed by atoms with Crippen molar-refractivity contribution in [1.29, 1.82) is 0 Å². The van der Waals surface area contributed by atoms with Gasteiger partial charge in [-0.1, -0.05) is 27.2 Å². The van der Waals surface area contributed by atoms with Crippen molar-refractivity contribution in [2.45, 2.75) is 77.4 Å². The first-order chi connectivity index (χ1) is 12.7. The summed E-state index contributed by atoms with van der Waals surface area (Å²) in [6, 6.07) is -2.02. The number of piperidine rings is 1. The molecule has 8 nitrogen and oxygen atoms in total. The second-order valence-corrected chi connectivity index (χ2v) is 8.03. The molecule has 2 rings (SSSR count). The van der Waals surface area contributed by atoms with E-state index in [1.807, 2.05) is 20.8 Å². The van der Waals surface area contributed by atoms with Crippen LogP contribution in [0.25, 0.3) is 0 Å². The highest BCUT2D eigenvalue weighted by molar-refractivity contribution is 6.03. The molecule has 152 valence electrons. The summed E-state index contributed by atoms with van der Waals surface area (Å²) >= 11 is 0. The van der Waals surface area contributed by atoms with Gasteiger partial charge in [0.2, 0.25) is 23.6 Å². The molecule has 4 amide bonds. The van der Waals surface area contributed by atoms with Gasteiger partial charge in [0.05, 0.1) is 6.04 Å². The Labute approximate surface area is 160 Å². The Morgan fingerprint density at radius 2 is 1.96 bits per heavy atom. The number of likely N-dealkylation sites (tertiary alicyclic amines) is 1. The van der Waals surface area contributed by atoms with Gasteiger partial charge in [0.1, 0.15) is 12.1 Å². The topological polar surface area (TPSA) is 122 Å². The van der Waals surface area contributed by atoms with Crippen LogP contribution in [0.5, 0.6) is 0 Å². The van der Waals surface area contributed by atoms with Gasteiger partial charge in [0, 0.05) is 13.0 Å². The number of imide groups is 1. The minimum Gasteiger partial charge on any atom is -0.344 e. The highest BCUT2D eigenvalue weighted by Gasteiger charge is 2.39. The van der Waals surface area contributed by atoms with Gasteiger partial charge in [-0.05, 0) is 37.5 Å². The Morgan fingerprint density at radius 1 is 1.26 bits per heavy atom. The van der Waals surface area contributed by atoms with E-state index in [1.165, 1.54) is 4.90 Å². The summed E-state index contributed by atoms with van der Waals surface area (Å²) in [5, 5.41) is 5.10. The third kappa shape index (κ3) is 5.28. The van der Waals surface area contributed by atoms with Crippen LogP contribution in [0.3, 0.4) is 0 Å². The molecule has 2 saturated heterocycles. The fraction of sp³-hybridized carbons (Fsp3) is 0.789. The standard InChI is InChI=1S/C19H32N4O4/c1-4-12-7-8-15(24)21-16(12)18(26)22-17(25)14-6-5-9-23(14)19(27)13(20)10-11(2)3/h11-14,16H,4-10,20H2,1-3H3,(H,21,24)(H,22,25,26)/t12?,13-,14-,16?/m0/s1. The van der Waals surface area contributed by atoms with Crippen LogP contribution >= 0.6 is 0 Å². The molecule has 2 aliphatic rings. The van der Waals surface area contributed by atoms with Gasteiger partial charge in [0.15, 0.2) is 0 Å². The smallest absolute Gasteiger partial charge is 0.249 e. The molecule has 0 radical (unpaired) electrons. The SMILES string of the molecule is CCC1CCC(=O)NC1C(=O)NC(=O)[C@@H]1CCCN1C(=O)[C@@H](N)CC(C)C. The molecular weight excluding hydrogens is 348 g/mol. The minimum atomic E-state index is -0.700. The van der Waals surface area contributed by atoms with E-state index in [2.05, 4.69) is 10.6 Å². The van der Waals surface area contributed by atoms with E-state index in [0.717, 1.165) is 6.42 Å². The van der Waals surface area contributed by atoms with Gasteiger partial charge < -0.3 is 16.0 Å². The van der Waals surface area contributed by atoms with Crippen molar-refractivity contribution in [3.05, 3.63) is 0 Å². The van der Waals surface area contributed by atoms with E-state index >= 15 is 0 Å². The van der Waals surface area contributed by atoms with Crippen LogP contribution in [-0.4, -0.2) is 53.2 Å². The third-order valence-electron chi connectivity index (χ3n) is 5.46. The Balaban J connectivity index is 2.00. The molecule has 2 heterocycles. The zero-order chi connectivity index (χ0) is 20.1. The van der Waals surface area contributed by atoms with Gasteiger partial charge in [-0.2, -0.15) is 0 Å². The average molecular weight is 380 g/mol. The predicted molar refractivity (Wildman–Crippen MR) is 100 cm³/mol. The maximum absolute atomic E-state index is 12.7. The normalized spacial score (nSPS) is 26.6. The first-order valence-electron chi connectivity index (χ1n) is 9.94. The fourth-order valence-electron chi connectivity index (χ4n) is 3.97. The average Bonchev–Trinajstić information content (AvgIpc) is 3.10. The minimum absolute atomic E-state index is 0.0104. The number of nitrogens with one attached hydrogen (secondary N) is 2. The zero-order valence-corrected chi connectivity index (χ0v) is 16.5. The molecule has 0 aromatic carbocycles. The van der Waals surface area contributed by atoms with Gasteiger partial charge in [0.25, 0.3) is 0 Å². The number of carbonyl (C=O) groups excluding carboxylic acids is 4. The Kier molecular flexibility index (Phi) is 7.35. The molecule has 2 unspecified atom stereocenters. The number of carbonyl (C=O) groups is 4. The predicted octanol–water partition coefficient (Wildman–Crippen LogP) is 0.298. The molecule has 27 heavy (non-hydrogen) atoms. The van der Waals surface area contributed by atoms with Crippen LogP contribution in [-0.2, 0) is 19.2 Å². The molecule has 2 aliphatic heterocycles. The summed E-state index contributed by atoms with van der Waals surface area (Å²) in [6.45, 7) is 6.40. The van der Waals surface area contributed by atoms with Crippen molar-refractivity contribution >= 4 is 23.6 Å². The lowest BCUT2D eigenvalue weighted by molar-refractivity contribution is -0.143. The lowest BCUT2D eigenvalue weighted by atomic mass is 9.88. The number of hydrogen-bond donors (Lipinski definition) is 3. The second kappa shape index (κ2) is 9.30. The quantitative estimate of drug-likeness (QED) is 0.572. The zero-order valence-electron chi connectivity index (χ0n) is 16.5. The molecule has 0 saturated carbocycles. The second-order valence-electron chi connectivity index (χ2n) is 8.03. The van der Waals surface area contributed by atoms with Crippen LogP contribution in [0.15, 0.2) is 0 Å². The van der Waals surface area contributed by atoms with E-state index in [9.17, 15) is 19.2 Å². The van der Waals surface area contributed by atoms with Gasteiger partial charge in [-0.25, -0.2) is 0 Å². The van der Waals surface area contributed by atoms with Gasteiger partial charge in [-0.3, -0.25) is 24.5 Å². The Hall–Kier alpha value is -1.96. The van der Waals surface area contributed by atoms with Crippen molar-refractivity contribution in [1.82, 2.24) is 15.5 Å². The Morgan fingerprint density at radius 3 is 2.59 bits per heavy atom. The molecule has 2 fully saturated rings. The maximum Gasteiger partial charge on any atom is 0.249 e. The summed E-state index contributed by atoms with van der Waals surface area (Å²) < 4.78 is 0. The molecule has 0 bridgehead atoms. The fourth-order valence-corrected chi connectivity index (χ4v) is 3.97. The van der Waals surface area contributed by atoms with Gasteiger partial charge in [-0.15, -0.1) is 0 Å². The highest BCUT2D eigenvalue weighted by atomic mass is 16.2. The van der Waals surface area contributed by atoms with E-state index in [1.54, 1.807) is 0 Å². The number of rotatable bonds is 6. The van der Waals surface area contributed by atoms with E-state index in [-0.39, 0.29) is 23.7 Å². The van der Waals surface area contributed by atoms with E-state index in [4.69, 9.17) is 5.73 Å². The van der Waals surface area contributed by atoms with Crippen molar-refractivity contribution in [2.24, 2.45) is 17.6 Å². The Bertz CT molecular complexity index is 592. The van der Waals surface area contributed by atoms with Crippen molar-refractivity contribution in [3.8, 4) is 0 Å². The van der Waals surface area contributed by atoms with Crippen LogP contribution in [0.2, 0.25) is 0 Å². The maximum atomic E-state index is 12.7. The molecule has 0 aliphatic carbocycles. The van der Waals surface area contributed by atoms with Crippen LogP contribution in [0.1, 0.15) is 59.3 Å². The number of amides is 4. The van der Waals surface area contributed by atoms with Crippen LogP contribution in [0, 0.1) is 11.8 Å². The summed E-state index contributed by atoms with van der Waals surface area (Å²) in [6.07, 6.45) is 3.53. The number of nitrogens with two attached hydrogens (primary N) is 1. The molecule has 0 aromatic heterocycles. The molecule has 4 atom stereocenters. The molecule has 0 aromatic rings. The van der Waals surface area contributed by atoms with E-state index < -0.39 is 29.9 Å². The lowest BCUT2D eigenvalue weighted by Crippen LogP contribution is -2.58. The van der Waals surface area contributed by atoms with Gasteiger partial charge >= 0.3 is 0 Å². The number of nitrogens with zero attached hydrogens (tertiary/aromatic N) is 1. The molecule has 0 spiro atoms. The summed E-state index contributed by atoms with van der Waals surface area (Å²) in [4.78, 5) is 51.0. The third-order valence-corrected chi connectivity index (χ3v) is 5.46. The molecule has 8 heteroatoms. The van der Waals surface area contributed by atoms with E-state index in [0.29, 0.717) is 38.6 Å². The summed E-state index contributed by atoms with van der Waals surface area (Å²) in [5.74, 6) is -1.11. The molecular formula is C19H32N4O4. The lowest BCUT2D eigenvalue weighted by Gasteiger charge is -2.31. The largest absolute Gasteiger partial charge is 0.344 e. The monoisotopic (exact) mass is 380 g/mol. The summed E-state index contributed by atoms with van der Waals surface area (Å²) in [7, 11) is 0. The first-order valence-corrected chi connectivity index (χ1v) is 9.94. The van der Waals surface area contributed by atoms with Crippen molar-refractivity contribution < 1.29 is 19.2 Å². The highest BCUT2D eigenvalue weighted by Crippen LogP contribution is 2.22. The van der Waals surface area contributed by atoms with Crippen molar-refractivity contribution in [3.63, 3.8) is 0 Å². The van der Waals surface area contributed by atoms with Crippen LogP contribution in [0.4, 0.5) is 0 Å². The molecule has 4 N–H and O–H groups in total. The number of hydrogen-bond acceptors (Lipinski definition) is 5. The van der Waals surface area contributed by atoms with Crippen LogP contribution < -0.4 is 16.4 Å². The summed E-state index contributed by atoms with van der Waals surface area (Å²) in [5.41, 5.74) is 5.99. The first kappa shape index (κ1) is 21.3.